The van der Waals surface area contributed by atoms with Gasteiger partial charge in [0, 0.05) is 30.9 Å². The maximum Gasteiger partial charge on any atom is 0.310 e. The lowest BCUT2D eigenvalue weighted by Crippen LogP contribution is -2.25. The van der Waals surface area contributed by atoms with Crippen LogP contribution in [-0.4, -0.2) is 23.1 Å². The van der Waals surface area contributed by atoms with Crippen LogP contribution in [-0.2, 0) is 0 Å². The van der Waals surface area contributed by atoms with Crippen molar-refractivity contribution in [2.45, 2.75) is 52.4 Å². The Morgan fingerprint density at radius 2 is 1.67 bits per heavy atom. The average Bonchev–Trinajstić information content (AvgIpc) is 2.45. The Hall–Kier alpha value is -1.78. The molecule has 0 aliphatic rings. The number of unbranched alkanes of at least 4 members (excludes halogenated alkanes) is 4. The predicted octanol–water partition coefficient (Wildman–Crippen LogP) is 4.49. The minimum Gasteiger partial charge on any atom is -0.502 e. The van der Waals surface area contributed by atoms with Crippen LogP contribution in [0.3, 0.4) is 0 Å². The number of phenolic OH excluding ortho intramolecular Hbond substituents is 1. The fraction of sp³-hybridized carbons (Fsp3) is 0.625. The summed E-state index contributed by atoms with van der Waals surface area (Å²) in [6.45, 7) is 6.18. The topological polar surface area (TPSA) is 66.6 Å². The number of anilines is 1. The van der Waals surface area contributed by atoms with E-state index in [2.05, 4.69) is 18.7 Å². The van der Waals surface area contributed by atoms with Gasteiger partial charge in [-0.15, -0.1) is 0 Å². The van der Waals surface area contributed by atoms with Gasteiger partial charge in [0.05, 0.1) is 4.92 Å². The summed E-state index contributed by atoms with van der Waals surface area (Å²) in [5, 5.41) is 20.5. The molecule has 1 rings (SSSR count). The highest BCUT2D eigenvalue weighted by molar-refractivity contribution is 5.58. The van der Waals surface area contributed by atoms with Crippen molar-refractivity contribution >= 4 is 11.4 Å². The Morgan fingerprint density at radius 3 is 2.10 bits per heavy atom. The van der Waals surface area contributed by atoms with Crippen LogP contribution in [0.5, 0.6) is 5.75 Å². The van der Waals surface area contributed by atoms with Crippen LogP contribution in [0.25, 0.3) is 0 Å². The smallest absolute Gasteiger partial charge is 0.310 e. The zero-order valence-electron chi connectivity index (χ0n) is 13.0. The molecule has 5 nitrogen and oxygen atoms in total. The van der Waals surface area contributed by atoms with E-state index in [1.54, 1.807) is 6.07 Å². The lowest BCUT2D eigenvalue weighted by molar-refractivity contribution is -0.385. The molecule has 0 heterocycles. The number of aromatic hydroxyl groups is 1. The van der Waals surface area contributed by atoms with E-state index < -0.39 is 4.92 Å². The number of hydrogen-bond acceptors (Lipinski definition) is 4. The van der Waals surface area contributed by atoms with E-state index in [1.807, 2.05) is 0 Å². The van der Waals surface area contributed by atoms with Crippen LogP contribution in [0.4, 0.5) is 11.4 Å². The van der Waals surface area contributed by atoms with Crippen LogP contribution in [0.2, 0.25) is 0 Å². The van der Waals surface area contributed by atoms with Crippen molar-refractivity contribution in [2.75, 3.05) is 18.0 Å². The van der Waals surface area contributed by atoms with Crippen LogP contribution >= 0.6 is 0 Å². The van der Waals surface area contributed by atoms with Crippen molar-refractivity contribution in [3.05, 3.63) is 28.3 Å². The number of nitro groups is 1. The van der Waals surface area contributed by atoms with Crippen molar-refractivity contribution in [1.29, 1.82) is 0 Å². The molecule has 1 aromatic carbocycles. The molecule has 0 aromatic heterocycles. The summed E-state index contributed by atoms with van der Waals surface area (Å²) in [5.41, 5.74) is 0.631. The van der Waals surface area contributed by atoms with Gasteiger partial charge in [-0.2, -0.15) is 0 Å². The lowest BCUT2D eigenvalue weighted by Gasteiger charge is -2.25. The van der Waals surface area contributed by atoms with Crippen molar-refractivity contribution in [3.8, 4) is 5.75 Å². The Balaban J connectivity index is 2.80. The summed E-state index contributed by atoms with van der Waals surface area (Å²) in [6, 6.07) is 4.63. The van der Waals surface area contributed by atoms with Crippen LogP contribution in [0.1, 0.15) is 52.4 Å². The van der Waals surface area contributed by atoms with Crippen LogP contribution in [0.15, 0.2) is 18.2 Å². The van der Waals surface area contributed by atoms with E-state index in [1.165, 1.54) is 25.0 Å². The first-order chi connectivity index (χ1) is 10.1. The quantitative estimate of drug-likeness (QED) is 0.392. The molecule has 1 N–H and O–H groups in total. The minimum absolute atomic E-state index is 0.235. The van der Waals surface area contributed by atoms with Gasteiger partial charge < -0.3 is 10.0 Å². The molecule has 0 amide bonds. The van der Waals surface area contributed by atoms with Gasteiger partial charge in [-0.3, -0.25) is 10.1 Å². The molecule has 0 aliphatic carbocycles. The highest BCUT2D eigenvalue weighted by Gasteiger charge is 2.15. The van der Waals surface area contributed by atoms with Gasteiger partial charge in [0.1, 0.15) is 0 Å². The van der Waals surface area contributed by atoms with Crippen molar-refractivity contribution < 1.29 is 10.0 Å². The second-order valence-corrected chi connectivity index (χ2v) is 5.33. The third-order valence-corrected chi connectivity index (χ3v) is 3.58. The molecule has 0 fully saturated rings. The Morgan fingerprint density at radius 1 is 1.10 bits per heavy atom. The molecule has 0 radical (unpaired) electrons. The maximum atomic E-state index is 10.8. The standard InChI is InChI=1S/C16H26N2O3/c1-3-5-7-11-17(12-8-6-4-2)14-9-10-15(18(20)21)16(19)13-14/h9-10,13,19H,3-8,11-12H2,1-2H3. The van der Waals surface area contributed by atoms with Gasteiger partial charge >= 0.3 is 5.69 Å². The molecule has 0 unspecified atom stereocenters. The zero-order chi connectivity index (χ0) is 15.7. The van der Waals surface area contributed by atoms with E-state index >= 15 is 0 Å². The maximum absolute atomic E-state index is 10.8. The van der Waals surface area contributed by atoms with Gasteiger partial charge in [0.25, 0.3) is 0 Å². The van der Waals surface area contributed by atoms with Gasteiger partial charge in [-0.1, -0.05) is 39.5 Å². The third-order valence-electron chi connectivity index (χ3n) is 3.58. The summed E-state index contributed by atoms with van der Waals surface area (Å²) in [4.78, 5) is 12.4. The molecule has 0 atom stereocenters. The Labute approximate surface area is 126 Å². The SMILES string of the molecule is CCCCCN(CCCCC)c1ccc([N+](=O)[O-])c(O)c1. The van der Waals surface area contributed by atoms with E-state index in [0.717, 1.165) is 44.5 Å². The highest BCUT2D eigenvalue weighted by atomic mass is 16.6. The number of phenols is 1. The van der Waals surface area contributed by atoms with Crippen LogP contribution < -0.4 is 4.90 Å². The summed E-state index contributed by atoms with van der Waals surface area (Å²) in [7, 11) is 0. The first kappa shape index (κ1) is 17.3. The highest BCUT2D eigenvalue weighted by Crippen LogP contribution is 2.30. The molecule has 5 heteroatoms. The van der Waals surface area contributed by atoms with Gasteiger partial charge in [-0.25, -0.2) is 0 Å². The number of nitrogens with zero attached hydrogens (tertiary/aromatic N) is 2. The fourth-order valence-corrected chi connectivity index (χ4v) is 2.34. The zero-order valence-corrected chi connectivity index (χ0v) is 13.0. The van der Waals surface area contributed by atoms with Gasteiger partial charge in [0.15, 0.2) is 5.75 Å². The van der Waals surface area contributed by atoms with Crippen LogP contribution in [0, 0.1) is 10.1 Å². The molecule has 0 saturated heterocycles. The summed E-state index contributed by atoms with van der Waals surface area (Å²) in [6.07, 6.45) is 6.86. The molecule has 0 bridgehead atoms. The first-order valence-electron chi connectivity index (χ1n) is 7.82. The molecule has 1 aromatic rings. The Kier molecular flexibility index (Phi) is 7.58. The second-order valence-electron chi connectivity index (χ2n) is 5.33. The largest absolute Gasteiger partial charge is 0.502 e. The van der Waals surface area contributed by atoms with E-state index in [-0.39, 0.29) is 11.4 Å². The number of nitro benzene ring substituents is 1. The third kappa shape index (κ3) is 5.61. The predicted molar refractivity (Wildman–Crippen MR) is 86.0 cm³/mol. The van der Waals surface area contributed by atoms with Gasteiger partial charge in [-0.05, 0) is 18.9 Å². The molecular formula is C16H26N2O3. The number of hydrogen-bond donors (Lipinski definition) is 1. The summed E-state index contributed by atoms with van der Waals surface area (Å²) in [5.74, 6) is -0.256. The Bertz CT molecular complexity index is 439. The van der Waals surface area contributed by atoms with Crippen molar-refractivity contribution in [2.24, 2.45) is 0 Å². The first-order valence-corrected chi connectivity index (χ1v) is 7.82. The lowest BCUT2D eigenvalue weighted by atomic mass is 10.1. The molecule has 0 aliphatic heterocycles. The normalized spacial score (nSPS) is 10.6. The van der Waals surface area contributed by atoms with Crippen molar-refractivity contribution in [1.82, 2.24) is 0 Å². The molecule has 21 heavy (non-hydrogen) atoms. The molecular weight excluding hydrogens is 268 g/mol. The average molecular weight is 294 g/mol. The number of benzene rings is 1. The molecule has 118 valence electrons. The summed E-state index contributed by atoms with van der Waals surface area (Å²) < 4.78 is 0. The minimum atomic E-state index is -0.558. The van der Waals surface area contributed by atoms with E-state index in [0.29, 0.717) is 0 Å². The second kappa shape index (κ2) is 9.21. The monoisotopic (exact) mass is 294 g/mol. The fourth-order valence-electron chi connectivity index (χ4n) is 2.34. The van der Waals surface area contributed by atoms with E-state index in [4.69, 9.17) is 0 Å². The van der Waals surface area contributed by atoms with Gasteiger partial charge in [0.2, 0.25) is 0 Å². The number of rotatable bonds is 10. The van der Waals surface area contributed by atoms with E-state index in [9.17, 15) is 15.2 Å². The summed E-state index contributed by atoms with van der Waals surface area (Å²) >= 11 is 0. The van der Waals surface area contributed by atoms with Crippen molar-refractivity contribution in [3.63, 3.8) is 0 Å². The molecule has 0 saturated carbocycles. The molecule has 0 spiro atoms.